The van der Waals surface area contributed by atoms with E-state index in [1.807, 2.05) is 17.4 Å². The molecular weight excluding hydrogens is 607 g/mol. The molecule has 4 nitrogen and oxygen atoms in total. The average Bonchev–Trinajstić information content (AvgIpc) is 3.74. The van der Waals surface area contributed by atoms with E-state index < -0.39 is 0 Å². The molecule has 1 atom stereocenters. The van der Waals surface area contributed by atoms with Crippen molar-refractivity contribution in [3.8, 4) is 11.1 Å². The maximum atomic E-state index is 6.33. The van der Waals surface area contributed by atoms with Gasteiger partial charge >= 0.3 is 0 Å². The van der Waals surface area contributed by atoms with E-state index in [1.54, 1.807) is 0 Å². The Morgan fingerprint density at radius 2 is 1.42 bits per heavy atom. The van der Waals surface area contributed by atoms with Gasteiger partial charge in [0.05, 0.1) is 0 Å². The van der Waals surface area contributed by atoms with Gasteiger partial charge in [0.25, 0.3) is 0 Å². The number of rotatable bonds is 4. The first-order valence-corrected chi connectivity index (χ1v) is 17.2. The van der Waals surface area contributed by atoms with Gasteiger partial charge in [-0.05, 0) is 64.6 Å². The minimum absolute atomic E-state index is 0.197. The maximum Gasteiger partial charge on any atom is 0.160 e. The summed E-state index contributed by atoms with van der Waals surface area (Å²) in [4.78, 5) is 10.4. The van der Waals surface area contributed by atoms with Crippen molar-refractivity contribution in [3.63, 3.8) is 0 Å². The first-order valence-electron chi connectivity index (χ1n) is 16.4. The zero-order chi connectivity index (χ0) is 31.6. The van der Waals surface area contributed by atoms with Gasteiger partial charge in [-0.1, -0.05) is 115 Å². The molecule has 0 saturated heterocycles. The number of benzene rings is 6. The number of furan rings is 1. The fraction of sp³-hybridized carbons (Fsp3) is 0.0698. The van der Waals surface area contributed by atoms with Crippen molar-refractivity contribution in [2.75, 3.05) is 0 Å². The Bertz CT molecular complexity index is 2710. The molecule has 0 bridgehead atoms. The monoisotopic (exact) mass is 635 g/mol. The lowest BCUT2D eigenvalue weighted by atomic mass is 9.98. The molecule has 1 aliphatic carbocycles. The van der Waals surface area contributed by atoms with E-state index >= 15 is 0 Å². The SMILES string of the molecule is C1=CC(C2N=C(c3cccc4c3sc3c(-c5ccc6oc7ccc8ccccc8c7c6c5)cccc34)N=C(c3ccccc3)N2)=CCC1. The van der Waals surface area contributed by atoms with Crippen molar-refractivity contribution in [2.24, 2.45) is 9.98 Å². The lowest BCUT2D eigenvalue weighted by Crippen LogP contribution is -2.40. The number of nitrogens with zero attached hydrogens (tertiary/aromatic N) is 2. The minimum atomic E-state index is -0.197. The van der Waals surface area contributed by atoms with Crippen LogP contribution in [0, 0.1) is 0 Å². The van der Waals surface area contributed by atoms with Gasteiger partial charge in [0, 0.05) is 42.1 Å². The molecule has 0 amide bonds. The Balaban J connectivity index is 1.16. The first kappa shape index (κ1) is 27.3. The maximum absolute atomic E-state index is 6.33. The van der Waals surface area contributed by atoms with Crippen LogP contribution in [-0.2, 0) is 0 Å². The smallest absolute Gasteiger partial charge is 0.160 e. The molecule has 1 unspecified atom stereocenters. The van der Waals surface area contributed by atoms with Crippen molar-refractivity contribution in [2.45, 2.75) is 19.0 Å². The molecule has 48 heavy (non-hydrogen) atoms. The number of allylic oxidation sites excluding steroid dienone is 2. The summed E-state index contributed by atoms with van der Waals surface area (Å²) in [5, 5.41) is 10.8. The number of fused-ring (bicyclic) bond motifs is 8. The summed E-state index contributed by atoms with van der Waals surface area (Å²) in [6, 6.07) is 42.9. The molecule has 0 saturated carbocycles. The van der Waals surface area contributed by atoms with Gasteiger partial charge in [-0.2, -0.15) is 0 Å². The molecule has 0 radical (unpaired) electrons. The van der Waals surface area contributed by atoms with E-state index in [0.717, 1.165) is 52.2 Å². The Morgan fingerprint density at radius 1 is 0.646 bits per heavy atom. The number of hydrogen-bond acceptors (Lipinski definition) is 5. The lowest BCUT2D eigenvalue weighted by molar-refractivity contribution is 0.669. The average molecular weight is 636 g/mol. The van der Waals surface area contributed by atoms with Crippen molar-refractivity contribution in [3.05, 3.63) is 156 Å². The summed E-state index contributed by atoms with van der Waals surface area (Å²) >= 11 is 1.83. The molecule has 1 aliphatic heterocycles. The molecule has 8 aromatic rings. The topological polar surface area (TPSA) is 49.9 Å². The summed E-state index contributed by atoms with van der Waals surface area (Å²) in [6.07, 6.45) is 8.62. The van der Waals surface area contributed by atoms with E-state index in [0.29, 0.717) is 0 Å². The van der Waals surface area contributed by atoms with Crippen LogP contribution in [-0.4, -0.2) is 17.8 Å². The van der Waals surface area contributed by atoms with Gasteiger partial charge in [-0.15, -0.1) is 11.3 Å². The highest BCUT2D eigenvalue weighted by Crippen LogP contribution is 2.43. The van der Waals surface area contributed by atoms with Crippen LogP contribution in [0.25, 0.3) is 64.0 Å². The first-order chi connectivity index (χ1) is 23.8. The highest BCUT2D eigenvalue weighted by molar-refractivity contribution is 7.26. The van der Waals surface area contributed by atoms with Gasteiger partial charge in [0.1, 0.15) is 23.2 Å². The predicted octanol–water partition coefficient (Wildman–Crippen LogP) is 11.2. The standard InChI is InChI=1S/C43H29N3OS/c1-3-12-27(13-4-1)41-44-42(28-14-5-2-6-15-28)46-43(45-41)34-20-10-19-33-32-18-9-17-31(39(32)48-40(33)34)29-22-23-36-35(25-29)38-30-16-8-7-11-26(30)21-24-37(38)47-36/h1,3-5,7-25,42H,2,6H2,(H,44,45,46). The van der Waals surface area contributed by atoms with E-state index in [2.05, 4.69) is 139 Å². The van der Waals surface area contributed by atoms with Crippen LogP contribution in [0.1, 0.15) is 24.0 Å². The molecular formula is C43H29N3OS. The van der Waals surface area contributed by atoms with Crippen LogP contribution in [0.4, 0.5) is 0 Å². The highest BCUT2D eigenvalue weighted by Gasteiger charge is 2.24. The molecule has 10 rings (SSSR count). The van der Waals surface area contributed by atoms with E-state index in [1.165, 1.54) is 53.0 Å². The van der Waals surface area contributed by atoms with Gasteiger partial charge in [-0.25, -0.2) is 9.98 Å². The van der Waals surface area contributed by atoms with Crippen LogP contribution < -0.4 is 5.32 Å². The summed E-state index contributed by atoms with van der Waals surface area (Å²) in [7, 11) is 0. The molecule has 3 heterocycles. The van der Waals surface area contributed by atoms with Crippen LogP contribution >= 0.6 is 11.3 Å². The number of hydrogen-bond donors (Lipinski definition) is 1. The Kier molecular flexibility index (Phi) is 6.21. The van der Waals surface area contributed by atoms with Crippen LogP contribution in [0.3, 0.4) is 0 Å². The minimum Gasteiger partial charge on any atom is -0.456 e. The largest absolute Gasteiger partial charge is 0.456 e. The highest BCUT2D eigenvalue weighted by atomic mass is 32.1. The Morgan fingerprint density at radius 3 is 2.27 bits per heavy atom. The normalized spacial score (nSPS) is 16.4. The summed E-state index contributed by atoms with van der Waals surface area (Å²) in [6.45, 7) is 0. The third-order valence-electron chi connectivity index (χ3n) is 9.57. The molecule has 2 aliphatic rings. The number of aliphatic imine (C=N–C) groups is 2. The molecule has 6 aromatic carbocycles. The molecule has 0 fully saturated rings. The van der Waals surface area contributed by atoms with Crippen molar-refractivity contribution < 1.29 is 4.42 Å². The van der Waals surface area contributed by atoms with E-state index in [4.69, 9.17) is 14.4 Å². The molecule has 2 aromatic heterocycles. The van der Waals surface area contributed by atoms with Crippen LogP contribution in [0.2, 0.25) is 0 Å². The summed E-state index contributed by atoms with van der Waals surface area (Å²) in [5.41, 5.74) is 7.51. The summed E-state index contributed by atoms with van der Waals surface area (Å²) in [5.74, 6) is 1.60. The van der Waals surface area contributed by atoms with Gasteiger partial charge < -0.3 is 9.73 Å². The second-order valence-corrected chi connectivity index (χ2v) is 13.5. The fourth-order valence-electron chi connectivity index (χ4n) is 7.26. The molecule has 1 N–H and O–H groups in total. The quantitative estimate of drug-likeness (QED) is 0.209. The van der Waals surface area contributed by atoms with Crippen molar-refractivity contribution >= 4 is 75.9 Å². The van der Waals surface area contributed by atoms with E-state index in [-0.39, 0.29) is 6.17 Å². The zero-order valence-corrected chi connectivity index (χ0v) is 26.8. The predicted molar refractivity (Wildman–Crippen MR) is 202 cm³/mol. The summed E-state index contributed by atoms with van der Waals surface area (Å²) < 4.78 is 8.78. The van der Waals surface area contributed by atoms with Crippen LogP contribution in [0.15, 0.2) is 160 Å². The Labute approximate surface area is 281 Å². The van der Waals surface area contributed by atoms with Gasteiger partial charge in [0.2, 0.25) is 0 Å². The third-order valence-corrected chi connectivity index (χ3v) is 10.9. The van der Waals surface area contributed by atoms with E-state index in [9.17, 15) is 0 Å². The Hall–Kier alpha value is -5.78. The third kappa shape index (κ3) is 4.35. The second kappa shape index (κ2) is 10.9. The number of thiophene rings is 1. The van der Waals surface area contributed by atoms with Crippen molar-refractivity contribution in [1.29, 1.82) is 0 Å². The zero-order valence-electron chi connectivity index (χ0n) is 26.0. The molecule has 0 spiro atoms. The molecule has 5 heteroatoms. The number of amidine groups is 2. The second-order valence-electron chi connectivity index (χ2n) is 12.4. The number of nitrogens with one attached hydrogen (secondary N) is 1. The van der Waals surface area contributed by atoms with Gasteiger partial charge in [0.15, 0.2) is 5.84 Å². The van der Waals surface area contributed by atoms with Crippen LogP contribution in [0.5, 0.6) is 0 Å². The fourth-order valence-corrected chi connectivity index (χ4v) is 8.60. The lowest BCUT2D eigenvalue weighted by Gasteiger charge is -2.25. The molecule has 228 valence electrons. The van der Waals surface area contributed by atoms with Crippen molar-refractivity contribution in [1.82, 2.24) is 5.32 Å². The van der Waals surface area contributed by atoms with Gasteiger partial charge in [-0.3, -0.25) is 0 Å².